The lowest BCUT2D eigenvalue weighted by atomic mass is 9.97. The van der Waals surface area contributed by atoms with Crippen molar-refractivity contribution in [3.05, 3.63) is 35.4 Å². The van der Waals surface area contributed by atoms with Crippen LogP contribution in [-0.4, -0.2) is 13.1 Å². The number of carbonyl (C=O) groups is 1. The summed E-state index contributed by atoms with van der Waals surface area (Å²) in [6.45, 7) is 1.96. The molecule has 0 bridgehead atoms. The van der Waals surface area contributed by atoms with Crippen LogP contribution in [0.15, 0.2) is 24.3 Å². The molecule has 3 nitrogen and oxygen atoms in total. The van der Waals surface area contributed by atoms with Crippen LogP contribution in [0.1, 0.15) is 11.1 Å². The molecule has 0 aliphatic heterocycles. The first-order valence-corrected chi connectivity index (χ1v) is 4.71. The van der Waals surface area contributed by atoms with Gasteiger partial charge in [-0.15, -0.1) is 0 Å². The summed E-state index contributed by atoms with van der Waals surface area (Å²) in [7, 11) is 1.30. The molecule has 0 radical (unpaired) electrons. The van der Waals surface area contributed by atoms with Crippen molar-refractivity contribution in [3.63, 3.8) is 0 Å². The minimum Gasteiger partial charge on any atom is -0.468 e. The maximum atomic E-state index is 11.2. The molecule has 0 fully saturated rings. The van der Waals surface area contributed by atoms with E-state index >= 15 is 0 Å². The van der Waals surface area contributed by atoms with Crippen molar-refractivity contribution in [2.75, 3.05) is 7.11 Å². The van der Waals surface area contributed by atoms with Crippen molar-refractivity contribution in [1.82, 2.24) is 0 Å². The Bertz CT molecular complexity index is 393. The van der Waals surface area contributed by atoms with E-state index in [1.807, 2.05) is 37.3 Å². The van der Waals surface area contributed by atoms with Crippen molar-refractivity contribution in [1.29, 1.82) is 5.26 Å². The SMILES string of the molecule is COC(=O)C(C#N)Cc1ccccc1C. The van der Waals surface area contributed by atoms with Crippen LogP contribution in [-0.2, 0) is 16.0 Å². The van der Waals surface area contributed by atoms with Crippen molar-refractivity contribution >= 4 is 5.97 Å². The molecule has 0 aromatic heterocycles. The van der Waals surface area contributed by atoms with Gasteiger partial charge in [-0.2, -0.15) is 5.26 Å². The van der Waals surface area contributed by atoms with E-state index in [1.54, 1.807) is 0 Å². The Morgan fingerprint density at radius 3 is 2.73 bits per heavy atom. The highest BCUT2D eigenvalue weighted by molar-refractivity contribution is 5.75. The average Bonchev–Trinajstić information content (AvgIpc) is 2.27. The first-order chi connectivity index (χ1) is 7.19. The van der Waals surface area contributed by atoms with Gasteiger partial charge in [0.2, 0.25) is 0 Å². The summed E-state index contributed by atoms with van der Waals surface area (Å²) < 4.78 is 4.55. The standard InChI is InChI=1S/C12H13NO2/c1-9-5-3-4-6-10(9)7-11(8-13)12(14)15-2/h3-6,11H,7H2,1-2H3. The Balaban J connectivity index is 2.81. The van der Waals surface area contributed by atoms with Crippen molar-refractivity contribution in [2.45, 2.75) is 13.3 Å². The van der Waals surface area contributed by atoms with Gasteiger partial charge in [-0.1, -0.05) is 24.3 Å². The molecule has 0 spiro atoms. The molecule has 78 valence electrons. The van der Waals surface area contributed by atoms with Gasteiger partial charge in [0.25, 0.3) is 0 Å². The van der Waals surface area contributed by atoms with Crippen molar-refractivity contribution in [3.8, 4) is 6.07 Å². The van der Waals surface area contributed by atoms with Crippen LogP contribution in [0, 0.1) is 24.2 Å². The van der Waals surface area contributed by atoms with E-state index in [4.69, 9.17) is 5.26 Å². The Morgan fingerprint density at radius 1 is 1.53 bits per heavy atom. The largest absolute Gasteiger partial charge is 0.468 e. The van der Waals surface area contributed by atoms with E-state index in [1.165, 1.54) is 7.11 Å². The van der Waals surface area contributed by atoms with Gasteiger partial charge in [-0.05, 0) is 24.5 Å². The second-order valence-electron chi connectivity index (χ2n) is 3.34. The molecule has 1 atom stereocenters. The second kappa shape index (κ2) is 5.16. The monoisotopic (exact) mass is 203 g/mol. The summed E-state index contributed by atoms with van der Waals surface area (Å²) in [4.78, 5) is 11.2. The van der Waals surface area contributed by atoms with Gasteiger partial charge in [0.05, 0.1) is 13.2 Å². The number of hydrogen-bond donors (Lipinski definition) is 0. The number of ether oxygens (including phenoxy) is 1. The summed E-state index contributed by atoms with van der Waals surface area (Å²) in [5, 5.41) is 8.83. The molecule has 0 aliphatic rings. The third kappa shape index (κ3) is 2.81. The Labute approximate surface area is 89.3 Å². The van der Waals surface area contributed by atoms with E-state index in [0.717, 1.165) is 11.1 Å². The summed E-state index contributed by atoms with van der Waals surface area (Å²) in [6.07, 6.45) is 0.413. The molecule has 0 amide bonds. The van der Waals surface area contributed by atoms with E-state index in [2.05, 4.69) is 4.74 Å². The van der Waals surface area contributed by atoms with Crippen molar-refractivity contribution < 1.29 is 9.53 Å². The smallest absolute Gasteiger partial charge is 0.323 e. The fourth-order valence-corrected chi connectivity index (χ4v) is 1.38. The minimum absolute atomic E-state index is 0.413. The first-order valence-electron chi connectivity index (χ1n) is 4.71. The lowest BCUT2D eigenvalue weighted by molar-refractivity contribution is -0.143. The molecule has 1 rings (SSSR count). The van der Waals surface area contributed by atoms with Crippen LogP contribution < -0.4 is 0 Å². The van der Waals surface area contributed by atoms with Gasteiger partial charge in [0.1, 0.15) is 5.92 Å². The first kappa shape index (κ1) is 11.3. The predicted octanol–water partition coefficient (Wildman–Crippen LogP) is 1.85. The number of esters is 1. The van der Waals surface area contributed by atoms with E-state index in [-0.39, 0.29) is 0 Å². The number of nitriles is 1. The van der Waals surface area contributed by atoms with Gasteiger partial charge >= 0.3 is 5.97 Å². The number of benzene rings is 1. The Morgan fingerprint density at radius 2 is 2.20 bits per heavy atom. The molecular weight excluding hydrogens is 190 g/mol. The zero-order chi connectivity index (χ0) is 11.3. The molecule has 0 aliphatic carbocycles. The van der Waals surface area contributed by atoms with E-state index in [9.17, 15) is 4.79 Å². The molecule has 1 unspecified atom stereocenters. The predicted molar refractivity (Wildman–Crippen MR) is 56.0 cm³/mol. The maximum absolute atomic E-state index is 11.2. The summed E-state index contributed by atoms with van der Waals surface area (Å²) in [6, 6.07) is 9.66. The van der Waals surface area contributed by atoms with Gasteiger partial charge < -0.3 is 4.74 Å². The topological polar surface area (TPSA) is 50.1 Å². The number of carbonyl (C=O) groups excluding carboxylic acids is 1. The normalized spacial score (nSPS) is 11.5. The molecule has 0 N–H and O–H groups in total. The lowest BCUT2D eigenvalue weighted by Gasteiger charge is -2.08. The molecule has 0 heterocycles. The summed E-state index contributed by atoms with van der Waals surface area (Å²) in [5.74, 6) is -1.18. The average molecular weight is 203 g/mol. The minimum atomic E-state index is -0.712. The molecule has 1 aromatic rings. The van der Waals surface area contributed by atoms with E-state index < -0.39 is 11.9 Å². The maximum Gasteiger partial charge on any atom is 0.323 e. The summed E-state index contributed by atoms with van der Waals surface area (Å²) >= 11 is 0. The number of aryl methyl sites for hydroxylation is 1. The van der Waals surface area contributed by atoms with Crippen LogP contribution in [0.4, 0.5) is 0 Å². The van der Waals surface area contributed by atoms with Crippen molar-refractivity contribution in [2.24, 2.45) is 5.92 Å². The molecule has 15 heavy (non-hydrogen) atoms. The zero-order valence-electron chi connectivity index (χ0n) is 8.86. The third-order valence-electron chi connectivity index (χ3n) is 2.33. The third-order valence-corrected chi connectivity index (χ3v) is 2.33. The van der Waals surface area contributed by atoms with Gasteiger partial charge in [-0.25, -0.2) is 0 Å². The van der Waals surface area contributed by atoms with Crippen LogP contribution in [0.5, 0.6) is 0 Å². The second-order valence-corrected chi connectivity index (χ2v) is 3.34. The highest BCUT2D eigenvalue weighted by Gasteiger charge is 2.19. The lowest BCUT2D eigenvalue weighted by Crippen LogP contribution is -2.17. The molecule has 3 heteroatoms. The highest BCUT2D eigenvalue weighted by Crippen LogP contribution is 2.13. The molecule has 0 saturated heterocycles. The number of methoxy groups -OCH3 is 1. The number of nitrogens with zero attached hydrogens (tertiary/aromatic N) is 1. The number of rotatable bonds is 3. The fourth-order valence-electron chi connectivity index (χ4n) is 1.38. The van der Waals surface area contributed by atoms with Gasteiger partial charge in [0.15, 0.2) is 0 Å². The van der Waals surface area contributed by atoms with Gasteiger partial charge in [0, 0.05) is 0 Å². The van der Waals surface area contributed by atoms with Crippen LogP contribution in [0.3, 0.4) is 0 Å². The quantitative estimate of drug-likeness (QED) is 0.704. The Hall–Kier alpha value is -1.82. The van der Waals surface area contributed by atoms with E-state index in [0.29, 0.717) is 6.42 Å². The Kier molecular flexibility index (Phi) is 3.87. The van der Waals surface area contributed by atoms with Crippen LogP contribution >= 0.6 is 0 Å². The molecule has 0 saturated carbocycles. The summed E-state index contributed by atoms with van der Waals surface area (Å²) in [5.41, 5.74) is 2.09. The fraction of sp³-hybridized carbons (Fsp3) is 0.333. The van der Waals surface area contributed by atoms with Crippen LogP contribution in [0.25, 0.3) is 0 Å². The molecule has 1 aromatic carbocycles. The number of hydrogen-bond acceptors (Lipinski definition) is 3. The molecular formula is C12H13NO2. The zero-order valence-corrected chi connectivity index (χ0v) is 8.86. The highest BCUT2D eigenvalue weighted by atomic mass is 16.5. The van der Waals surface area contributed by atoms with Crippen LogP contribution in [0.2, 0.25) is 0 Å². The van der Waals surface area contributed by atoms with Gasteiger partial charge in [-0.3, -0.25) is 4.79 Å².